The van der Waals surface area contributed by atoms with Crippen molar-refractivity contribution in [1.82, 2.24) is 5.32 Å². The molecule has 1 aromatic rings. The van der Waals surface area contributed by atoms with E-state index in [1.807, 2.05) is 0 Å². The Labute approximate surface area is 250 Å². The molecule has 0 atom stereocenters. The largest absolute Gasteiger partial charge is 0.350 e. The minimum atomic E-state index is 0.226. The highest BCUT2D eigenvalue weighted by Crippen LogP contribution is 2.14. The van der Waals surface area contributed by atoms with Crippen LogP contribution >= 0.6 is 0 Å². The SMILES string of the molecule is CCCCCCCCCCCCCCc1cc(C)cc(C)[n+]1CCNC(=O)CCCCCCCCCCCCC. The van der Waals surface area contributed by atoms with Crippen LogP contribution in [0.4, 0.5) is 0 Å². The zero-order valence-corrected chi connectivity index (χ0v) is 27.6. The first kappa shape index (κ1) is 36.6. The van der Waals surface area contributed by atoms with Gasteiger partial charge in [0.05, 0.1) is 6.54 Å². The van der Waals surface area contributed by atoms with E-state index in [2.05, 4.69) is 49.7 Å². The van der Waals surface area contributed by atoms with Gasteiger partial charge in [-0.25, -0.2) is 0 Å². The van der Waals surface area contributed by atoms with Crippen LogP contribution in [-0.4, -0.2) is 12.5 Å². The van der Waals surface area contributed by atoms with Gasteiger partial charge < -0.3 is 5.32 Å². The molecule has 0 aliphatic rings. The monoisotopic (exact) mass is 558 g/mol. The maximum atomic E-state index is 12.4. The molecular weight excluding hydrogens is 488 g/mol. The second kappa shape index (κ2) is 26.5. The maximum absolute atomic E-state index is 12.4. The van der Waals surface area contributed by atoms with E-state index in [9.17, 15) is 4.79 Å². The van der Waals surface area contributed by atoms with Crippen LogP contribution in [0.15, 0.2) is 12.1 Å². The molecule has 0 spiro atoms. The van der Waals surface area contributed by atoms with Gasteiger partial charge in [0.15, 0.2) is 17.9 Å². The van der Waals surface area contributed by atoms with Crippen molar-refractivity contribution in [3.8, 4) is 0 Å². The van der Waals surface area contributed by atoms with E-state index in [0.29, 0.717) is 6.42 Å². The number of nitrogens with zero attached hydrogens (tertiary/aromatic N) is 1. The van der Waals surface area contributed by atoms with E-state index in [-0.39, 0.29) is 5.91 Å². The van der Waals surface area contributed by atoms with E-state index in [1.54, 1.807) is 0 Å². The Balaban J connectivity index is 2.15. The van der Waals surface area contributed by atoms with Gasteiger partial charge in [-0.1, -0.05) is 149 Å². The molecule has 0 unspecified atom stereocenters. The number of unbranched alkanes of at least 4 members (excludes halogenated alkanes) is 21. The summed E-state index contributed by atoms with van der Waals surface area (Å²) in [5.74, 6) is 0.226. The summed E-state index contributed by atoms with van der Waals surface area (Å²) >= 11 is 0. The van der Waals surface area contributed by atoms with Crippen molar-refractivity contribution in [2.45, 2.75) is 195 Å². The van der Waals surface area contributed by atoms with Crippen molar-refractivity contribution in [3.05, 3.63) is 29.1 Å². The summed E-state index contributed by atoms with van der Waals surface area (Å²) in [5.41, 5.74) is 4.10. The molecular formula is C37H69N2O+. The number of nitrogens with one attached hydrogen (secondary N) is 1. The number of hydrogen-bond acceptors (Lipinski definition) is 1. The third kappa shape index (κ3) is 20.5. The van der Waals surface area contributed by atoms with Crippen molar-refractivity contribution in [2.75, 3.05) is 6.54 Å². The summed E-state index contributed by atoms with van der Waals surface area (Å²) in [6.45, 7) is 10.6. The first-order valence-corrected chi connectivity index (χ1v) is 17.8. The molecule has 1 heterocycles. The molecule has 1 aromatic heterocycles. The van der Waals surface area contributed by atoms with Crippen LogP contribution in [-0.2, 0) is 17.8 Å². The Morgan fingerprint density at radius 3 is 1.50 bits per heavy atom. The topological polar surface area (TPSA) is 33.0 Å². The molecule has 1 amide bonds. The molecule has 1 rings (SSSR count). The molecule has 0 aliphatic heterocycles. The first-order chi connectivity index (χ1) is 19.6. The number of carbonyl (C=O) groups is 1. The lowest BCUT2D eigenvalue weighted by atomic mass is 10.0. The average Bonchev–Trinajstić information content (AvgIpc) is 2.93. The third-order valence-corrected chi connectivity index (χ3v) is 8.55. The highest BCUT2D eigenvalue weighted by atomic mass is 16.1. The molecule has 3 heteroatoms. The van der Waals surface area contributed by atoms with Gasteiger partial charge in [0.1, 0.15) is 0 Å². The maximum Gasteiger partial charge on any atom is 0.220 e. The molecule has 0 aliphatic carbocycles. The summed E-state index contributed by atoms with van der Waals surface area (Å²) in [5, 5.41) is 3.19. The van der Waals surface area contributed by atoms with Gasteiger partial charge in [-0.3, -0.25) is 4.79 Å². The predicted octanol–water partition coefficient (Wildman–Crippen LogP) is 10.7. The highest BCUT2D eigenvalue weighted by Gasteiger charge is 2.15. The van der Waals surface area contributed by atoms with Crippen molar-refractivity contribution in [1.29, 1.82) is 0 Å². The van der Waals surface area contributed by atoms with Crippen LogP contribution in [0, 0.1) is 13.8 Å². The Morgan fingerprint density at radius 2 is 1.02 bits per heavy atom. The zero-order valence-electron chi connectivity index (χ0n) is 27.6. The van der Waals surface area contributed by atoms with E-state index in [0.717, 1.165) is 25.9 Å². The average molecular weight is 558 g/mol. The number of carbonyl (C=O) groups excluding carboxylic acids is 1. The Hall–Kier alpha value is -1.38. The Bertz CT molecular complexity index is 729. The number of aryl methyl sites for hydroxylation is 3. The van der Waals surface area contributed by atoms with Crippen LogP contribution in [0.2, 0.25) is 0 Å². The van der Waals surface area contributed by atoms with E-state index in [1.165, 1.54) is 158 Å². The summed E-state index contributed by atoms with van der Waals surface area (Å²) in [4.78, 5) is 12.4. The van der Waals surface area contributed by atoms with Crippen LogP contribution < -0.4 is 9.88 Å². The van der Waals surface area contributed by atoms with Crippen LogP contribution in [0.25, 0.3) is 0 Å². The van der Waals surface area contributed by atoms with Gasteiger partial charge in [-0.05, 0) is 25.3 Å². The van der Waals surface area contributed by atoms with E-state index in [4.69, 9.17) is 0 Å². The Morgan fingerprint density at radius 1 is 0.600 bits per heavy atom. The van der Waals surface area contributed by atoms with Gasteiger partial charge in [0, 0.05) is 31.9 Å². The summed E-state index contributed by atoms with van der Waals surface area (Å²) in [6, 6.07) is 4.64. The number of rotatable bonds is 28. The summed E-state index contributed by atoms with van der Waals surface area (Å²) in [6.07, 6.45) is 33.1. The molecule has 0 saturated carbocycles. The molecule has 0 fully saturated rings. The number of amides is 1. The van der Waals surface area contributed by atoms with Crippen molar-refractivity contribution >= 4 is 5.91 Å². The standard InChI is InChI=1S/C37H68N2O/c1-5-7-9-11-13-15-17-19-20-22-24-26-28-36-33-34(3)32-35(4)39(36)31-30-38-37(40)29-27-25-23-21-18-16-14-12-10-8-6-2/h32-33H,5-31H2,1-4H3/p+1. The third-order valence-electron chi connectivity index (χ3n) is 8.55. The normalized spacial score (nSPS) is 11.3. The van der Waals surface area contributed by atoms with Gasteiger partial charge in [-0.2, -0.15) is 4.57 Å². The van der Waals surface area contributed by atoms with Gasteiger partial charge in [-0.15, -0.1) is 0 Å². The smallest absolute Gasteiger partial charge is 0.220 e. The molecule has 40 heavy (non-hydrogen) atoms. The minimum Gasteiger partial charge on any atom is -0.350 e. The van der Waals surface area contributed by atoms with Crippen LogP contribution in [0.3, 0.4) is 0 Å². The zero-order chi connectivity index (χ0) is 29.1. The molecule has 0 bridgehead atoms. The van der Waals surface area contributed by atoms with Crippen molar-refractivity contribution in [2.24, 2.45) is 0 Å². The molecule has 0 radical (unpaired) electrons. The van der Waals surface area contributed by atoms with E-state index >= 15 is 0 Å². The molecule has 3 nitrogen and oxygen atoms in total. The molecule has 0 aromatic carbocycles. The summed E-state index contributed by atoms with van der Waals surface area (Å²) < 4.78 is 2.44. The Kier molecular flexibility index (Phi) is 24.3. The highest BCUT2D eigenvalue weighted by molar-refractivity contribution is 5.75. The molecule has 0 saturated heterocycles. The minimum absolute atomic E-state index is 0.226. The number of hydrogen-bond donors (Lipinski definition) is 1. The fraction of sp³-hybridized carbons (Fsp3) is 0.838. The quantitative estimate of drug-likeness (QED) is 0.0806. The second-order valence-electron chi connectivity index (χ2n) is 12.6. The first-order valence-electron chi connectivity index (χ1n) is 17.8. The molecule has 232 valence electrons. The van der Waals surface area contributed by atoms with Gasteiger partial charge >= 0.3 is 0 Å². The number of pyridine rings is 1. The lowest BCUT2D eigenvalue weighted by Crippen LogP contribution is -2.46. The van der Waals surface area contributed by atoms with Crippen LogP contribution in [0.5, 0.6) is 0 Å². The van der Waals surface area contributed by atoms with Crippen molar-refractivity contribution in [3.63, 3.8) is 0 Å². The van der Waals surface area contributed by atoms with Gasteiger partial charge in [0.25, 0.3) is 0 Å². The fourth-order valence-corrected chi connectivity index (χ4v) is 6.04. The lowest BCUT2D eigenvalue weighted by Gasteiger charge is -2.10. The second-order valence-corrected chi connectivity index (χ2v) is 12.6. The van der Waals surface area contributed by atoms with E-state index < -0.39 is 0 Å². The van der Waals surface area contributed by atoms with Crippen molar-refractivity contribution < 1.29 is 9.36 Å². The lowest BCUT2D eigenvalue weighted by molar-refractivity contribution is -0.707. The van der Waals surface area contributed by atoms with Crippen LogP contribution in [0.1, 0.15) is 185 Å². The van der Waals surface area contributed by atoms with Gasteiger partial charge in [0.2, 0.25) is 5.91 Å². The molecule has 1 N–H and O–H groups in total. The predicted molar refractivity (Wildman–Crippen MR) is 175 cm³/mol. The number of aromatic nitrogens is 1. The fourth-order valence-electron chi connectivity index (χ4n) is 6.04. The summed E-state index contributed by atoms with van der Waals surface area (Å²) in [7, 11) is 0.